The summed E-state index contributed by atoms with van der Waals surface area (Å²) in [6.07, 6.45) is 0.995. The van der Waals surface area contributed by atoms with Gasteiger partial charge in [0.05, 0.1) is 11.8 Å². The quantitative estimate of drug-likeness (QED) is 0.929. The molecule has 0 amide bonds. The number of rotatable bonds is 3. The highest BCUT2D eigenvalue weighted by molar-refractivity contribution is 8.01. The molecule has 0 aliphatic rings. The molecule has 0 spiro atoms. The lowest BCUT2D eigenvalue weighted by atomic mass is 10.3. The number of aromatic nitrogens is 2. The molecule has 0 saturated carbocycles. The number of aryl methyl sites for hydroxylation is 1. The lowest BCUT2D eigenvalue weighted by Crippen LogP contribution is -2.01. The molecule has 88 valence electrons. The SMILES string of the molecule is Cc1csc(Sc2ncc(F)cc2C(=O)O)n1. The fourth-order valence-electron chi connectivity index (χ4n) is 1.12. The maximum absolute atomic E-state index is 12.9. The van der Waals surface area contributed by atoms with Crippen molar-refractivity contribution in [2.24, 2.45) is 0 Å². The number of pyridine rings is 1. The zero-order valence-corrected chi connectivity index (χ0v) is 10.3. The summed E-state index contributed by atoms with van der Waals surface area (Å²) in [5, 5.41) is 11.0. The van der Waals surface area contributed by atoms with Gasteiger partial charge < -0.3 is 5.11 Å². The largest absolute Gasteiger partial charge is 0.478 e. The normalized spacial score (nSPS) is 10.5. The van der Waals surface area contributed by atoms with E-state index in [2.05, 4.69) is 9.97 Å². The molecule has 0 aliphatic carbocycles. The van der Waals surface area contributed by atoms with E-state index < -0.39 is 11.8 Å². The van der Waals surface area contributed by atoms with Crippen molar-refractivity contribution >= 4 is 29.1 Å². The van der Waals surface area contributed by atoms with Crippen molar-refractivity contribution in [3.8, 4) is 0 Å². The van der Waals surface area contributed by atoms with Crippen molar-refractivity contribution in [2.45, 2.75) is 16.3 Å². The van der Waals surface area contributed by atoms with Gasteiger partial charge in [0.1, 0.15) is 10.8 Å². The number of nitrogens with zero attached hydrogens (tertiary/aromatic N) is 2. The molecule has 17 heavy (non-hydrogen) atoms. The standard InChI is InChI=1S/C10H7FN2O2S2/c1-5-4-16-10(13-5)17-8-7(9(14)15)2-6(11)3-12-8/h2-4H,1H3,(H,14,15). The molecule has 0 aromatic carbocycles. The van der Waals surface area contributed by atoms with Crippen LogP contribution in [0, 0.1) is 12.7 Å². The van der Waals surface area contributed by atoms with Crippen LogP contribution in [-0.4, -0.2) is 21.0 Å². The number of halogens is 1. The summed E-state index contributed by atoms with van der Waals surface area (Å²) >= 11 is 2.52. The van der Waals surface area contributed by atoms with Crippen LogP contribution in [0.2, 0.25) is 0 Å². The van der Waals surface area contributed by atoms with Crippen LogP contribution in [0.15, 0.2) is 27.0 Å². The summed E-state index contributed by atoms with van der Waals surface area (Å²) < 4.78 is 13.6. The fraction of sp³-hybridized carbons (Fsp3) is 0.100. The Kier molecular flexibility index (Phi) is 3.39. The zero-order valence-electron chi connectivity index (χ0n) is 8.68. The Hall–Kier alpha value is -1.47. The number of aromatic carboxylic acids is 1. The Balaban J connectivity index is 2.35. The molecular formula is C10H7FN2O2S2. The van der Waals surface area contributed by atoms with Crippen molar-refractivity contribution in [2.75, 3.05) is 0 Å². The van der Waals surface area contributed by atoms with Gasteiger partial charge in [0, 0.05) is 11.1 Å². The van der Waals surface area contributed by atoms with Crippen LogP contribution < -0.4 is 0 Å². The molecule has 0 fully saturated rings. The van der Waals surface area contributed by atoms with Crippen LogP contribution in [0.5, 0.6) is 0 Å². The Morgan fingerprint density at radius 2 is 2.35 bits per heavy atom. The van der Waals surface area contributed by atoms with Crippen molar-refractivity contribution in [3.63, 3.8) is 0 Å². The third-order valence-corrected chi connectivity index (χ3v) is 3.91. The van der Waals surface area contributed by atoms with Crippen LogP contribution in [0.25, 0.3) is 0 Å². The molecule has 0 atom stereocenters. The number of hydrogen-bond acceptors (Lipinski definition) is 5. The highest BCUT2D eigenvalue weighted by Gasteiger charge is 2.15. The van der Waals surface area contributed by atoms with Crippen molar-refractivity contribution in [1.29, 1.82) is 0 Å². The topological polar surface area (TPSA) is 63.1 Å². The molecule has 2 heterocycles. The van der Waals surface area contributed by atoms with Gasteiger partial charge in [-0.05, 0) is 24.8 Å². The summed E-state index contributed by atoms with van der Waals surface area (Å²) in [7, 11) is 0. The van der Waals surface area contributed by atoms with E-state index in [4.69, 9.17) is 5.11 Å². The van der Waals surface area contributed by atoms with E-state index in [-0.39, 0.29) is 10.6 Å². The minimum absolute atomic E-state index is 0.150. The summed E-state index contributed by atoms with van der Waals surface area (Å²) in [5.41, 5.74) is 0.708. The van der Waals surface area contributed by atoms with Gasteiger partial charge in [-0.25, -0.2) is 19.2 Å². The Morgan fingerprint density at radius 1 is 1.59 bits per heavy atom. The van der Waals surface area contributed by atoms with Gasteiger partial charge in [-0.1, -0.05) is 0 Å². The van der Waals surface area contributed by atoms with Gasteiger partial charge in [0.25, 0.3) is 0 Å². The maximum atomic E-state index is 12.9. The Bertz CT molecular complexity index is 571. The van der Waals surface area contributed by atoms with E-state index >= 15 is 0 Å². The minimum Gasteiger partial charge on any atom is -0.478 e. The number of carboxylic acids is 1. The average Bonchev–Trinajstić information content (AvgIpc) is 2.66. The summed E-state index contributed by atoms with van der Waals surface area (Å²) in [5.74, 6) is -1.87. The molecule has 0 unspecified atom stereocenters. The maximum Gasteiger partial charge on any atom is 0.338 e. The molecule has 4 nitrogen and oxygen atoms in total. The second-order valence-electron chi connectivity index (χ2n) is 3.17. The predicted molar refractivity (Wildman–Crippen MR) is 62.1 cm³/mol. The zero-order chi connectivity index (χ0) is 12.4. The first kappa shape index (κ1) is 12.0. The third-order valence-electron chi connectivity index (χ3n) is 1.83. The molecule has 0 aliphatic heterocycles. The van der Waals surface area contributed by atoms with Gasteiger partial charge >= 0.3 is 5.97 Å². The Morgan fingerprint density at radius 3 is 2.94 bits per heavy atom. The molecule has 7 heteroatoms. The van der Waals surface area contributed by atoms with E-state index in [1.807, 2.05) is 12.3 Å². The molecular weight excluding hydrogens is 263 g/mol. The van der Waals surface area contributed by atoms with E-state index in [0.717, 1.165) is 29.7 Å². The average molecular weight is 270 g/mol. The summed E-state index contributed by atoms with van der Waals surface area (Å²) in [6, 6.07) is 0.956. The third kappa shape index (κ3) is 2.80. The molecule has 0 bridgehead atoms. The fourth-order valence-corrected chi connectivity index (χ4v) is 2.93. The second-order valence-corrected chi connectivity index (χ2v) is 5.26. The monoisotopic (exact) mass is 270 g/mol. The second kappa shape index (κ2) is 4.80. The van der Waals surface area contributed by atoms with E-state index in [1.54, 1.807) is 0 Å². The number of thiazole rings is 1. The van der Waals surface area contributed by atoms with E-state index in [1.165, 1.54) is 11.3 Å². The molecule has 2 aromatic rings. The van der Waals surface area contributed by atoms with Crippen LogP contribution in [-0.2, 0) is 0 Å². The minimum atomic E-state index is -1.20. The van der Waals surface area contributed by atoms with Gasteiger partial charge in [0.15, 0.2) is 4.34 Å². The lowest BCUT2D eigenvalue weighted by Gasteiger charge is -2.02. The van der Waals surface area contributed by atoms with Gasteiger partial charge in [-0.2, -0.15) is 0 Å². The first-order chi connectivity index (χ1) is 8.06. The molecule has 0 saturated heterocycles. The first-order valence-corrected chi connectivity index (χ1v) is 6.24. The number of hydrogen-bond donors (Lipinski definition) is 1. The summed E-state index contributed by atoms with van der Waals surface area (Å²) in [4.78, 5) is 18.9. The molecule has 2 rings (SSSR count). The molecule has 2 aromatic heterocycles. The van der Waals surface area contributed by atoms with Crippen LogP contribution >= 0.6 is 23.1 Å². The highest BCUT2D eigenvalue weighted by Crippen LogP contribution is 2.31. The predicted octanol–water partition coefficient (Wildman–Crippen LogP) is 2.84. The van der Waals surface area contributed by atoms with Crippen LogP contribution in [0.1, 0.15) is 16.1 Å². The smallest absolute Gasteiger partial charge is 0.338 e. The van der Waals surface area contributed by atoms with Gasteiger partial charge in [-0.3, -0.25) is 0 Å². The van der Waals surface area contributed by atoms with Gasteiger partial charge in [-0.15, -0.1) is 11.3 Å². The van der Waals surface area contributed by atoms with E-state index in [9.17, 15) is 9.18 Å². The molecule has 0 radical (unpaired) electrons. The van der Waals surface area contributed by atoms with Crippen molar-refractivity contribution in [1.82, 2.24) is 9.97 Å². The Labute approximate surface area is 105 Å². The highest BCUT2D eigenvalue weighted by atomic mass is 32.2. The first-order valence-electron chi connectivity index (χ1n) is 4.55. The number of carbonyl (C=O) groups is 1. The van der Waals surface area contributed by atoms with Crippen LogP contribution in [0.4, 0.5) is 4.39 Å². The number of carboxylic acid groups (broad SMARTS) is 1. The van der Waals surface area contributed by atoms with Gasteiger partial charge in [0.2, 0.25) is 0 Å². The van der Waals surface area contributed by atoms with Crippen LogP contribution in [0.3, 0.4) is 0 Å². The van der Waals surface area contributed by atoms with E-state index in [0.29, 0.717) is 4.34 Å². The molecule has 1 N–H and O–H groups in total. The van der Waals surface area contributed by atoms with Crippen molar-refractivity contribution in [3.05, 3.63) is 34.7 Å². The van der Waals surface area contributed by atoms with Crippen molar-refractivity contribution < 1.29 is 14.3 Å². The lowest BCUT2D eigenvalue weighted by molar-refractivity contribution is 0.0691. The summed E-state index contributed by atoms with van der Waals surface area (Å²) in [6.45, 7) is 1.84.